The molecule has 0 aromatic heterocycles. The summed E-state index contributed by atoms with van der Waals surface area (Å²) in [5.41, 5.74) is 6.73. The van der Waals surface area contributed by atoms with Crippen LogP contribution < -0.4 is 0 Å². The van der Waals surface area contributed by atoms with Crippen molar-refractivity contribution in [1.29, 1.82) is 0 Å². The molecule has 4 rings (SSSR count). The van der Waals surface area contributed by atoms with Gasteiger partial charge in [0.2, 0.25) is 0 Å². The van der Waals surface area contributed by atoms with E-state index in [4.69, 9.17) is 0 Å². The Morgan fingerprint density at radius 1 is 0.441 bits per heavy atom. The first-order chi connectivity index (χ1) is 16.1. The first kappa shape index (κ1) is 23.4. The van der Waals surface area contributed by atoms with E-state index in [1.807, 2.05) is 36.4 Å². The van der Waals surface area contributed by atoms with Crippen molar-refractivity contribution in [3.63, 3.8) is 0 Å². The predicted molar refractivity (Wildman–Crippen MR) is 146 cm³/mol. The Morgan fingerprint density at radius 3 is 1.15 bits per heavy atom. The molecular formula is C34H32. The van der Waals surface area contributed by atoms with Gasteiger partial charge in [-0.3, -0.25) is 0 Å². The van der Waals surface area contributed by atoms with Gasteiger partial charge in [0.25, 0.3) is 0 Å². The molecule has 0 atom stereocenters. The zero-order valence-corrected chi connectivity index (χ0v) is 21.1. The molecule has 0 aliphatic heterocycles. The molecule has 168 valence electrons. The highest BCUT2D eigenvalue weighted by atomic mass is 14.2. The maximum absolute atomic E-state index is 3.46. The predicted octanol–water partition coefficient (Wildman–Crippen LogP) is 8.23. The zero-order chi connectivity index (χ0) is 24.3. The molecule has 0 fully saturated rings. The molecule has 34 heavy (non-hydrogen) atoms. The Labute approximate surface area is 205 Å². The maximum atomic E-state index is 3.46. The highest BCUT2D eigenvalue weighted by molar-refractivity contribution is 5.88. The van der Waals surface area contributed by atoms with Crippen LogP contribution in [0.4, 0.5) is 0 Å². The summed E-state index contributed by atoms with van der Waals surface area (Å²) < 4.78 is 0. The SMILES string of the molecule is CC(C)(C)c1cc2cc(C(C)(C)C)c(C#Cc3ccccc3)cc2cc1C#Cc1ccccc1. The van der Waals surface area contributed by atoms with Crippen LogP contribution in [0, 0.1) is 23.7 Å². The fourth-order valence-electron chi connectivity index (χ4n) is 4.12. The lowest BCUT2D eigenvalue weighted by molar-refractivity contribution is 0.588. The molecule has 0 aliphatic rings. The van der Waals surface area contributed by atoms with Gasteiger partial charge in [-0.1, -0.05) is 102 Å². The van der Waals surface area contributed by atoms with Crippen LogP contribution in [-0.2, 0) is 10.8 Å². The van der Waals surface area contributed by atoms with Crippen LogP contribution in [0.15, 0.2) is 84.9 Å². The van der Waals surface area contributed by atoms with E-state index >= 15 is 0 Å². The van der Waals surface area contributed by atoms with Crippen molar-refractivity contribution >= 4 is 10.8 Å². The van der Waals surface area contributed by atoms with Crippen molar-refractivity contribution in [2.75, 3.05) is 0 Å². The van der Waals surface area contributed by atoms with E-state index in [9.17, 15) is 0 Å². The molecule has 0 radical (unpaired) electrons. The topological polar surface area (TPSA) is 0 Å². The lowest BCUT2D eigenvalue weighted by atomic mass is 9.79. The van der Waals surface area contributed by atoms with Crippen molar-refractivity contribution in [3.05, 3.63) is 118 Å². The van der Waals surface area contributed by atoms with Crippen LogP contribution in [0.2, 0.25) is 0 Å². The van der Waals surface area contributed by atoms with Gasteiger partial charge in [-0.05, 0) is 81.3 Å². The highest BCUT2D eigenvalue weighted by Gasteiger charge is 2.21. The lowest BCUT2D eigenvalue weighted by Gasteiger charge is -2.24. The van der Waals surface area contributed by atoms with Crippen LogP contribution in [0.1, 0.15) is 74.9 Å². The van der Waals surface area contributed by atoms with E-state index in [0.29, 0.717) is 0 Å². The maximum Gasteiger partial charge on any atom is 0.0292 e. The minimum Gasteiger partial charge on any atom is -0.0622 e. The van der Waals surface area contributed by atoms with E-state index in [-0.39, 0.29) is 10.8 Å². The number of benzene rings is 4. The molecule has 0 heterocycles. The second kappa shape index (κ2) is 9.25. The lowest BCUT2D eigenvalue weighted by Crippen LogP contribution is -2.15. The normalized spacial score (nSPS) is 11.4. The fourth-order valence-corrected chi connectivity index (χ4v) is 4.12. The minimum atomic E-state index is -0.0113. The summed E-state index contributed by atoms with van der Waals surface area (Å²) in [6, 6.07) is 29.5. The Hall–Kier alpha value is -3.74. The fraction of sp³-hybridized carbons (Fsp3) is 0.235. The van der Waals surface area contributed by atoms with Crippen LogP contribution in [0.25, 0.3) is 10.8 Å². The van der Waals surface area contributed by atoms with E-state index in [1.165, 1.54) is 21.9 Å². The van der Waals surface area contributed by atoms with E-state index in [0.717, 1.165) is 22.3 Å². The molecule has 0 unspecified atom stereocenters. The first-order valence-electron chi connectivity index (χ1n) is 11.9. The van der Waals surface area contributed by atoms with Crippen LogP contribution >= 0.6 is 0 Å². The summed E-state index contributed by atoms with van der Waals surface area (Å²) in [6.07, 6.45) is 0. The second-order valence-corrected chi connectivity index (χ2v) is 10.9. The Morgan fingerprint density at radius 2 is 0.794 bits per heavy atom. The van der Waals surface area contributed by atoms with Gasteiger partial charge < -0.3 is 0 Å². The van der Waals surface area contributed by atoms with Crippen LogP contribution in [-0.4, -0.2) is 0 Å². The van der Waals surface area contributed by atoms with Crippen LogP contribution in [0.5, 0.6) is 0 Å². The van der Waals surface area contributed by atoms with Gasteiger partial charge in [0.15, 0.2) is 0 Å². The number of fused-ring (bicyclic) bond motifs is 1. The van der Waals surface area contributed by atoms with Crippen molar-refractivity contribution in [2.45, 2.75) is 52.4 Å². The van der Waals surface area contributed by atoms with E-state index in [2.05, 4.69) is 114 Å². The molecule has 0 bridgehead atoms. The average Bonchev–Trinajstić information content (AvgIpc) is 2.80. The van der Waals surface area contributed by atoms with Gasteiger partial charge in [-0.25, -0.2) is 0 Å². The summed E-state index contributed by atoms with van der Waals surface area (Å²) in [5.74, 6) is 13.6. The average molecular weight is 441 g/mol. The van der Waals surface area contributed by atoms with Gasteiger partial charge in [-0.2, -0.15) is 0 Å². The van der Waals surface area contributed by atoms with E-state index < -0.39 is 0 Å². The third-order valence-electron chi connectivity index (χ3n) is 5.96. The molecule has 0 saturated heterocycles. The quantitative estimate of drug-likeness (QED) is 0.242. The van der Waals surface area contributed by atoms with Crippen LogP contribution in [0.3, 0.4) is 0 Å². The van der Waals surface area contributed by atoms with Gasteiger partial charge >= 0.3 is 0 Å². The molecular weight excluding hydrogens is 408 g/mol. The zero-order valence-electron chi connectivity index (χ0n) is 21.1. The largest absolute Gasteiger partial charge is 0.0622 e. The monoisotopic (exact) mass is 440 g/mol. The van der Waals surface area contributed by atoms with Gasteiger partial charge in [0.1, 0.15) is 0 Å². The molecule has 0 saturated carbocycles. The Balaban J connectivity index is 1.92. The van der Waals surface area contributed by atoms with Gasteiger partial charge in [0.05, 0.1) is 0 Å². The second-order valence-electron chi connectivity index (χ2n) is 10.9. The molecule has 4 aromatic carbocycles. The molecule has 0 aliphatic carbocycles. The summed E-state index contributed by atoms with van der Waals surface area (Å²) >= 11 is 0. The molecule has 0 nitrogen and oxygen atoms in total. The summed E-state index contributed by atoms with van der Waals surface area (Å²) in [6.45, 7) is 13.5. The van der Waals surface area contributed by atoms with Crippen molar-refractivity contribution in [2.24, 2.45) is 0 Å². The van der Waals surface area contributed by atoms with Crippen molar-refractivity contribution < 1.29 is 0 Å². The number of hydrogen-bond acceptors (Lipinski definition) is 0. The van der Waals surface area contributed by atoms with Crippen molar-refractivity contribution in [1.82, 2.24) is 0 Å². The van der Waals surface area contributed by atoms with Crippen molar-refractivity contribution in [3.8, 4) is 23.7 Å². The minimum absolute atomic E-state index is 0.0113. The summed E-state index contributed by atoms with van der Waals surface area (Å²) in [7, 11) is 0. The Bertz CT molecular complexity index is 1320. The highest BCUT2D eigenvalue weighted by Crippen LogP contribution is 2.34. The molecule has 0 heteroatoms. The standard InChI is InChI=1S/C34H32/c1-33(2,3)31-23-30-24-32(34(4,5)6)28(20-18-26-15-11-8-12-16-26)22-29(30)21-27(31)19-17-25-13-9-7-10-14-25/h7-16,21-24H,1-6H3. The molecule has 0 amide bonds. The molecule has 0 spiro atoms. The number of hydrogen-bond donors (Lipinski definition) is 0. The smallest absolute Gasteiger partial charge is 0.0292 e. The summed E-state index contributed by atoms with van der Waals surface area (Å²) in [5, 5.41) is 2.42. The molecule has 4 aromatic rings. The summed E-state index contributed by atoms with van der Waals surface area (Å²) in [4.78, 5) is 0. The third-order valence-corrected chi connectivity index (χ3v) is 5.96. The molecule has 0 N–H and O–H groups in total. The van der Waals surface area contributed by atoms with E-state index in [1.54, 1.807) is 0 Å². The first-order valence-corrected chi connectivity index (χ1v) is 11.9. The Kier molecular flexibility index (Phi) is 6.37. The van der Waals surface area contributed by atoms with Gasteiger partial charge in [-0.15, -0.1) is 0 Å². The van der Waals surface area contributed by atoms with Gasteiger partial charge in [0, 0.05) is 22.3 Å². The third kappa shape index (κ3) is 5.42. The number of rotatable bonds is 0.